The van der Waals surface area contributed by atoms with E-state index in [-0.39, 0.29) is 23.2 Å². The largest absolute Gasteiger partial charge is 0.508 e. The smallest absolute Gasteiger partial charge is 0.129 e. The third-order valence-electron chi connectivity index (χ3n) is 3.11. The van der Waals surface area contributed by atoms with Crippen LogP contribution in [0.3, 0.4) is 0 Å². The lowest BCUT2D eigenvalue weighted by Gasteiger charge is -2.12. The lowest BCUT2D eigenvalue weighted by molar-refractivity contribution is 0.432. The highest BCUT2D eigenvalue weighted by molar-refractivity contribution is 5.74. The number of phenolic OH excluding ortho intramolecular Hbond substituents is 2. The third kappa shape index (κ3) is 2.99. The number of phenols is 2. The van der Waals surface area contributed by atoms with Crippen molar-refractivity contribution < 1.29 is 14.6 Å². The molecule has 0 bridgehead atoms. The number of halogens is 1. The maximum atomic E-state index is 13.1. The van der Waals surface area contributed by atoms with Crippen LogP contribution in [0.1, 0.15) is 36.5 Å². The molecule has 2 rings (SSSR count). The van der Waals surface area contributed by atoms with Crippen molar-refractivity contribution in [3.63, 3.8) is 0 Å². The first-order valence-corrected chi connectivity index (χ1v) is 6.47. The van der Waals surface area contributed by atoms with E-state index in [1.165, 1.54) is 12.1 Å². The van der Waals surface area contributed by atoms with Gasteiger partial charge in [-0.05, 0) is 35.7 Å². The second-order valence-corrected chi connectivity index (χ2v) is 4.98. The molecule has 0 aliphatic carbocycles. The molecule has 0 aliphatic rings. The van der Waals surface area contributed by atoms with Crippen molar-refractivity contribution in [2.24, 2.45) is 0 Å². The maximum absolute atomic E-state index is 13.1. The van der Waals surface area contributed by atoms with E-state index < -0.39 is 0 Å². The van der Waals surface area contributed by atoms with Crippen LogP contribution in [-0.2, 0) is 0 Å². The summed E-state index contributed by atoms with van der Waals surface area (Å²) in [6.45, 7) is 3.80. The lowest BCUT2D eigenvalue weighted by atomic mass is 9.97. The Hall–Kier alpha value is -2.29. The Bertz CT molecular complexity index is 645. The summed E-state index contributed by atoms with van der Waals surface area (Å²) in [4.78, 5) is 0. The molecule has 0 spiro atoms. The summed E-state index contributed by atoms with van der Waals surface area (Å²) in [7, 11) is 0. The summed E-state index contributed by atoms with van der Waals surface area (Å²) >= 11 is 0. The quantitative estimate of drug-likeness (QED) is 0.806. The highest BCUT2D eigenvalue weighted by Gasteiger charge is 2.13. The Morgan fingerprint density at radius 2 is 1.80 bits per heavy atom. The van der Waals surface area contributed by atoms with Gasteiger partial charge in [0.15, 0.2) is 0 Å². The van der Waals surface area contributed by atoms with E-state index in [4.69, 9.17) is 0 Å². The molecule has 2 aromatic rings. The number of hydrogen-bond donors (Lipinski definition) is 2. The van der Waals surface area contributed by atoms with Crippen molar-refractivity contribution in [2.75, 3.05) is 0 Å². The van der Waals surface area contributed by atoms with Crippen molar-refractivity contribution in [3.8, 4) is 11.5 Å². The van der Waals surface area contributed by atoms with Crippen molar-refractivity contribution >= 4 is 12.2 Å². The lowest BCUT2D eigenvalue weighted by Crippen LogP contribution is -1.91. The highest BCUT2D eigenvalue weighted by Crippen LogP contribution is 2.37. The molecule has 0 atom stereocenters. The van der Waals surface area contributed by atoms with Gasteiger partial charge in [0.05, 0.1) is 0 Å². The van der Waals surface area contributed by atoms with Crippen LogP contribution in [0.25, 0.3) is 12.2 Å². The topological polar surface area (TPSA) is 40.5 Å². The average molecular weight is 272 g/mol. The second kappa shape index (κ2) is 5.78. The fraction of sp³-hybridized carbons (Fsp3) is 0.176. The van der Waals surface area contributed by atoms with Crippen molar-refractivity contribution in [1.29, 1.82) is 0 Å². The van der Waals surface area contributed by atoms with E-state index >= 15 is 0 Å². The Balaban J connectivity index is 2.37. The zero-order valence-electron chi connectivity index (χ0n) is 11.5. The zero-order valence-corrected chi connectivity index (χ0v) is 11.5. The number of hydrogen-bond acceptors (Lipinski definition) is 2. The van der Waals surface area contributed by atoms with Gasteiger partial charge in [-0.15, -0.1) is 0 Å². The van der Waals surface area contributed by atoms with E-state index in [0.29, 0.717) is 16.7 Å². The molecule has 0 radical (unpaired) electrons. The molecular weight excluding hydrogens is 255 g/mol. The van der Waals surface area contributed by atoms with Crippen LogP contribution in [0, 0.1) is 5.82 Å². The predicted octanol–water partition coefficient (Wildman–Crippen LogP) is 4.53. The van der Waals surface area contributed by atoms with E-state index in [2.05, 4.69) is 0 Å². The second-order valence-electron chi connectivity index (χ2n) is 4.98. The summed E-state index contributed by atoms with van der Waals surface area (Å²) in [6, 6.07) is 9.39. The Kier molecular flexibility index (Phi) is 4.08. The van der Waals surface area contributed by atoms with Crippen LogP contribution >= 0.6 is 0 Å². The fourth-order valence-electron chi connectivity index (χ4n) is 2.11. The Labute approximate surface area is 117 Å². The summed E-state index contributed by atoms with van der Waals surface area (Å²) in [5.41, 5.74) is 1.82. The van der Waals surface area contributed by atoms with Crippen LogP contribution in [0.4, 0.5) is 4.39 Å². The maximum Gasteiger partial charge on any atom is 0.129 e. The van der Waals surface area contributed by atoms with Crippen molar-refractivity contribution in [2.45, 2.75) is 19.8 Å². The minimum atomic E-state index is -0.301. The van der Waals surface area contributed by atoms with Gasteiger partial charge in [-0.25, -0.2) is 4.39 Å². The summed E-state index contributed by atoms with van der Waals surface area (Å²) < 4.78 is 13.1. The van der Waals surface area contributed by atoms with Gasteiger partial charge in [0.2, 0.25) is 0 Å². The molecule has 2 aromatic carbocycles. The van der Waals surface area contributed by atoms with Crippen LogP contribution in [0.2, 0.25) is 0 Å². The van der Waals surface area contributed by atoms with Gasteiger partial charge in [-0.3, -0.25) is 0 Å². The van der Waals surface area contributed by atoms with Gasteiger partial charge in [0.1, 0.15) is 17.3 Å². The normalized spacial score (nSPS) is 11.4. The molecule has 0 fully saturated rings. The molecule has 0 heterocycles. The molecule has 0 saturated carbocycles. The highest BCUT2D eigenvalue weighted by atomic mass is 19.1. The molecule has 2 N–H and O–H groups in total. The summed E-state index contributed by atoms with van der Waals surface area (Å²) in [5.74, 6) is -0.143. The molecule has 0 amide bonds. The van der Waals surface area contributed by atoms with E-state index in [1.807, 2.05) is 13.8 Å². The van der Waals surface area contributed by atoms with Crippen LogP contribution < -0.4 is 0 Å². The first-order valence-electron chi connectivity index (χ1n) is 6.47. The number of benzene rings is 2. The molecule has 0 aromatic heterocycles. The molecule has 0 aliphatic heterocycles. The minimum absolute atomic E-state index is 0.0116. The van der Waals surface area contributed by atoms with Crippen LogP contribution in [0.15, 0.2) is 36.4 Å². The molecule has 20 heavy (non-hydrogen) atoms. The Morgan fingerprint density at radius 3 is 2.45 bits per heavy atom. The third-order valence-corrected chi connectivity index (χ3v) is 3.11. The van der Waals surface area contributed by atoms with E-state index in [9.17, 15) is 14.6 Å². The van der Waals surface area contributed by atoms with Crippen molar-refractivity contribution in [3.05, 3.63) is 58.9 Å². The van der Waals surface area contributed by atoms with Gasteiger partial charge in [-0.1, -0.05) is 38.1 Å². The van der Waals surface area contributed by atoms with Crippen molar-refractivity contribution in [1.82, 2.24) is 0 Å². The number of rotatable bonds is 3. The summed E-state index contributed by atoms with van der Waals surface area (Å²) in [6.07, 6.45) is 3.43. The molecular formula is C17H17FO2. The van der Waals surface area contributed by atoms with Crippen LogP contribution in [-0.4, -0.2) is 10.2 Å². The molecule has 0 saturated heterocycles. The van der Waals surface area contributed by atoms with E-state index in [0.717, 1.165) is 0 Å². The fourth-order valence-corrected chi connectivity index (χ4v) is 2.11. The average Bonchev–Trinajstić information content (AvgIpc) is 2.37. The van der Waals surface area contributed by atoms with Gasteiger partial charge >= 0.3 is 0 Å². The standard InChI is InChI=1S/C17H17FO2/c1-11(2)16-15(19)9-8-13(17(16)20)7-6-12-4-3-5-14(18)10-12/h3-11,19-20H,1-2H3. The first kappa shape index (κ1) is 14.1. The summed E-state index contributed by atoms with van der Waals surface area (Å²) in [5, 5.41) is 20.0. The van der Waals surface area contributed by atoms with Crippen LogP contribution in [0.5, 0.6) is 11.5 Å². The van der Waals surface area contributed by atoms with Gasteiger partial charge in [0, 0.05) is 11.1 Å². The molecule has 0 unspecified atom stereocenters. The first-order chi connectivity index (χ1) is 9.49. The molecule has 104 valence electrons. The minimum Gasteiger partial charge on any atom is -0.508 e. The van der Waals surface area contributed by atoms with E-state index in [1.54, 1.807) is 36.4 Å². The predicted molar refractivity (Wildman–Crippen MR) is 79.2 cm³/mol. The molecule has 2 nitrogen and oxygen atoms in total. The monoisotopic (exact) mass is 272 g/mol. The zero-order chi connectivity index (χ0) is 14.7. The Morgan fingerprint density at radius 1 is 1.05 bits per heavy atom. The number of aromatic hydroxyl groups is 2. The van der Waals surface area contributed by atoms with Gasteiger partial charge < -0.3 is 10.2 Å². The van der Waals surface area contributed by atoms with Gasteiger partial charge in [0.25, 0.3) is 0 Å². The molecule has 3 heteroatoms. The SMILES string of the molecule is CC(C)c1c(O)ccc(C=Cc2cccc(F)c2)c1O. The van der Waals surface area contributed by atoms with Gasteiger partial charge in [-0.2, -0.15) is 0 Å².